The van der Waals surface area contributed by atoms with Crippen molar-refractivity contribution in [1.82, 2.24) is 0 Å². The molecule has 0 aromatic rings. The van der Waals surface area contributed by atoms with Crippen molar-refractivity contribution in [2.75, 3.05) is 39.6 Å². The molecule has 88 heavy (non-hydrogen) atoms. The van der Waals surface area contributed by atoms with Gasteiger partial charge in [-0.3, -0.25) is 37.3 Å². The van der Waals surface area contributed by atoms with E-state index in [1.54, 1.807) is 0 Å². The Morgan fingerprint density at radius 1 is 0.318 bits per heavy atom. The summed E-state index contributed by atoms with van der Waals surface area (Å²) in [6, 6.07) is 0. The van der Waals surface area contributed by atoms with Gasteiger partial charge in [-0.2, -0.15) is 0 Å². The smallest absolute Gasteiger partial charge is 0.462 e. The average molecular weight is 1300 g/mol. The number of phosphoric acid groups is 2. The first kappa shape index (κ1) is 86.1. The van der Waals surface area contributed by atoms with Crippen LogP contribution in [0.25, 0.3) is 0 Å². The Hall–Kier alpha value is -1.94. The summed E-state index contributed by atoms with van der Waals surface area (Å²) in [4.78, 5) is 72.5. The lowest BCUT2D eigenvalue weighted by atomic mass is 9.99. The second-order valence-corrected chi connectivity index (χ2v) is 28.3. The predicted molar refractivity (Wildman–Crippen MR) is 354 cm³/mol. The summed E-state index contributed by atoms with van der Waals surface area (Å²) < 4.78 is 68.2. The third-order valence-electron chi connectivity index (χ3n) is 16.7. The Balaban J connectivity index is 5.26. The maximum absolute atomic E-state index is 13.0. The van der Waals surface area contributed by atoms with Gasteiger partial charge in [-0.05, 0) is 37.5 Å². The number of esters is 4. The first-order valence-electron chi connectivity index (χ1n) is 36.1. The molecule has 0 aromatic heterocycles. The largest absolute Gasteiger partial charge is 0.472 e. The Morgan fingerprint density at radius 3 is 0.807 bits per heavy atom. The fourth-order valence-electron chi connectivity index (χ4n) is 10.4. The van der Waals surface area contributed by atoms with Gasteiger partial charge in [-0.25, -0.2) is 9.13 Å². The van der Waals surface area contributed by atoms with Crippen molar-refractivity contribution >= 4 is 39.5 Å². The second kappa shape index (κ2) is 61.3. The molecule has 0 amide bonds. The topological polar surface area (TPSA) is 237 Å². The number of hydrogen-bond donors (Lipinski definition) is 3. The molecule has 0 saturated heterocycles. The number of carbonyl (C=O) groups is 4. The molecule has 0 aliphatic carbocycles. The van der Waals surface area contributed by atoms with Crippen molar-refractivity contribution in [3.05, 3.63) is 0 Å². The Labute approximate surface area is 537 Å². The Bertz CT molecular complexity index is 1720. The number of aliphatic hydroxyl groups excluding tert-OH is 1. The van der Waals surface area contributed by atoms with E-state index in [2.05, 4.69) is 41.5 Å². The van der Waals surface area contributed by atoms with Crippen LogP contribution in [0.1, 0.15) is 350 Å². The molecule has 0 heterocycles. The van der Waals surface area contributed by atoms with Crippen molar-refractivity contribution in [1.29, 1.82) is 0 Å². The molecule has 522 valence electrons. The lowest BCUT2D eigenvalue weighted by molar-refractivity contribution is -0.161. The van der Waals surface area contributed by atoms with Crippen LogP contribution in [-0.4, -0.2) is 96.7 Å². The number of unbranched alkanes of at least 4 members (excludes halogenated alkanes) is 36. The summed E-state index contributed by atoms with van der Waals surface area (Å²) in [5.41, 5.74) is 0. The molecule has 0 radical (unpaired) electrons. The van der Waals surface area contributed by atoms with Crippen molar-refractivity contribution < 1.29 is 80.2 Å². The van der Waals surface area contributed by atoms with Gasteiger partial charge in [0.05, 0.1) is 26.4 Å². The monoisotopic (exact) mass is 1300 g/mol. The van der Waals surface area contributed by atoms with Crippen LogP contribution in [0.5, 0.6) is 0 Å². The molecular formula is C69H134O17P2. The molecular weight excluding hydrogens is 1160 g/mol. The number of carbonyl (C=O) groups excluding carboxylic acids is 4. The van der Waals surface area contributed by atoms with E-state index < -0.39 is 97.5 Å². The van der Waals surface area contributed by atoms with Crippen LogP contribution >= 0.6 is 15.6 Å². The van der Waals surface area contributed by atoms with Gasteiger partial charge in [0, 0.05) is 25.7 Å². The van der Waals surface area contributed by atoms with Gasteiger partial charge in [0.25, 0.3) is 0 Å². The third kappa shape index (κ3) is 60.3. The van der Waals surface area contributed by atoms with Crippen molar-refractivity contribution in [2.45, 2.75) is 368 Å². The Morgan fingerprint density at radius 2 is 0.545 bits per heavy atom. The van der Waals surface area contributed by atoms with E-state index in [-0.39, 0.29) is 25.7 Å². The van der Waals surface area contributed by atoms with E-state index >= 15 is 0 Å². The molecule has 4 unspecified atom stereocenters. The van der Waals surface area contributed by atoms with Crippen LogP contribution in [0.4, 0.5) is 0 Å². The highest BCUT2D eigenvalue weighted by Gasteiger charge is 2.30. The first-order valence-corrected chi connectivity index (χ1v) is 39.1. The minimum absolute atomic E-state index is 0.106. The van der Waals surface area contributed by atoms with E-state index in [1.807, 2.05) is 0 Å². The zero-order valence-electron chi connectivity index (χ0n) is 57.0. The SMILES string of the molecule is CCCCCCCCCCCCCCCC(=O)OC[C@H](COP(=O)(O)OC[C@@H](O)COP(=O)(O)OC[C@@H](COC(=O)CCCCCCCCC(C)CC)OC(=O)CCCCCCCCCCCCC)OC(=O)CCCCCCCCCCCCC(C)CC. The summed E-state index contributed by atoms with van der Waals surface area (Å²) in [6.45, 7) is 9.52. The van der Waals surface area contributed by atoms with Crippen LogP contribution < -0.4 is 0 Å². The maximum atomic E-state index is 13.0. The summed E-state index contributed by atoms with van der Waals surface area (Å²) in [5, 5.41) is 10.6. The molecule has 17 nitrogen and oxygen atoms in total. The number of ether oxygens (including phenoxy) is 4. The lowest BCUT2D eigenvalue weighted by Gasteiger charge is -2.21. The van der Waals surface area contributed by atoms with E-state index in [9.17, 15) is 43.2 Å². The molecule has 0 spiro atoms. The van der Waals surface area contributed by atoms with Gasteiger partial charge in [0.15, 0.2) is 12.2 Å². The summed E-state index contributed by atoms with van der Waals surface area (Å²) >= 11 is 0. The molecule has 0 aliphatic rings. The zero-order valence-corrected chi connectivity index (χ0v) is 58.8. The summed E-state index contributed by atoms with van der Waals surface area (Å²) in [7, 11) is -9.90. The fraction of sp³-hybridized carbons (Fsp3) is 0.942. The quantitative estimate of drug-likeness (QED) is 0.0222. The van der Waals surface area contributed by atoms with Crippen LogP contribution in [-0.2, 0) is 65.4 Å². The molecule has 19 heteroatoms. The van der Waals surface area contributed by atoms with E-state index in [1.165, 1.54) is 161 Å². The second-order valence-electron chi connectivity index (χ2n) is 25.4. The molecule has 0 saturated carbocycles. The molecule has 0 aliphatic heterocycles. The van der Waals surface area contributed by atoms with Crippen molar-refractivity contribution in [3.8, 4) is 0 Å². The number of aliphatic hydroxyl groups is 1. The summed E-state index contributed by atoms with van der Waals surface area (Å²) in [6.07, 6.45) is 45.6. The van der Waals surface area contributed by atoms with Crippen molar-refractivity contribution in [2.24, 2.45) is 11.8 Å². The van der Waals surface area contributed by atoms with E-state index in [0.717, 1.165) is 108 Å². The van der Waals surface area contributed by atoms with Crippen LogP contribution in [0.2, 0.25) is 0 Å². The third-order valence-corrected chi connectivity index (χ3v) is 18.6. The van der Waals surface area contributed by atoms with E-state index in [4.69, 9.17) is 37.0 Å². The average Bonchev–Trinajstić information content (AvgIpc) is 3.65. The molecule has 3 N–H and O–H groups in total. The fourth-order valence-corrected chi connectivity index (χ4v) is 11.9. The zero-order chi connectivity index (χ0) is 65.0. The van der Waals surface area contributed by atoms with Crippen LogP contribution in [0.15, 0.2) is 0 Å². The molecule has 0 bridgehead atoms. The van der Waals surface area contributed by atoms with Crippen molar-refractivity contribution in [3.63, 3.8) is 0 Å². The standard InChI is InChI=1S/C69H134O17P2/c1-7-11-13-15-17-19-21-22-24-28-32-39-45-51-66(71)79-57-64(85-69(74)54-48-42-34-30-26-25-27-31-37-43-49-61(5)9-3)59-83-87(75,76)81-55-63(70)56-82-88(77,78)84-60-65(58-80-67(72)52-46-40-36-35-38-44-50-62(6)10-4)86-68(73)53-47-41-33-29-23-20-18-16-14-12-8-2/h61-65,70H,7-60H2,1-6H3,(H,75,76)(H,77,78)/t61?,62?,63-,64-,65-/m1/s1. The van der Waals surface area contributed by atoms with Crippen LogP contribution in [0.3, 0.4) is 0 Å². The number of rotatable bonds is 68. The molecule has 0 fully saturated rings. The highest BCUT2D eigenvalue weighted by atomic mass is 31.2. The van der Waals surface area contributed by atoms with Gasteiger partial charge in [-0.15, -0.1) is 0 Å². The highest BCUT2D eigenvalue weighted by Crippen LogP contribution is 2.45. The van der Waals surface area contributed by atoms with Crippen LogP contribution in [0, 0.1) is 11.8 Å². The number of hydrogen-bond acceptors (Lipinski definition) is 15. The lowest BCUT2D eigenvalue weighted by Crippen LogP contribution is -2.30. The van der Waals surface area contributed by atoms with Gasteiger partial charge < -0.3 is 33.8 Å². The van der Waals surface area contributed by atoms with Gasteiger partial charge in [-0.1, -0.05) is 298 Å². The van der Waals surface area contributed by atoms with Gasteiger partial charge >= 0.3 is 39.5 Å². The first-order chi connectivity index (χ1) is 42.4. The Kier molecular flexibility index (Phi) is 59.9. The van der Waals surface area contributed by atoms with Gasteiger partial charge in [0.1, 0.15) is 19.3 Å². The predicted octanol–water partition coefficient (Wildman–Crippen LogP) is 19.6. The number of phosphoric ester groups is 2. The molecule has 7 atom stereocenters. The molecule has 0 aromatic carbocycles. The maximum Gasteiger partial charge on any atom is 0.472 e. The normalized spacial score (nSPS) is 14.8. The van der Waals surface area contributed by atoms with Gasteiger partial charge in [0.2, 0.25) is 0 Å². The summed E-state index contributed by atoms with van der Waals surface area (Å²) in [5.74, 6) is -0.591. The molecule has 0 rings (SSSR count). The highest BCUT2D eigenvalue weighted by molar-refractivity contribution is 7.47. The minimum atomic E-state index is -4.95. The minimum Gasteiger partial charge on any atom is -0.462 e. The van der Waals surface area contributed by atoms with E-state index in [0.29, 0.717) is 25.7 Å².